The Morgan fingerprint density at radius 1 is 0.733 bits per heavy atom. The van der Waals surface area contributed by atoms with Crippen molar-refractivity contribution in [1.82, 2.24) is 9.80 Å². The van der Waals surface area contributed by atoms with E-state index in [1.807, 2.05) is 12.5 Å². The Kier molecular flexibility index (Phi) is 11.9. The van der Waals surface area contributed by atoms with Crippen LogP contribution >= 0.6 is 23.5 Å². The van der Waals surface area contributed by atoms with Crippen molar-refractivity contribution in [3.05, 3.63) is 0 Å². The van der Waals surface area contributed by atoms with Gasteiger partial charge < -0.3 is 20.4 Å². The average molecular weight is 469 g/mol. The van der Waals surface area contributed by atoms with Gasteiger partial charge in [-0.1, -0.05) is 0 Å². The second-order valence-electron chi connectivity index (χ2n) is 9.33. The minimum atomic E-state index is -1.44. The van der Waals surface area contributed by atoms with Crippen LogP contribution in [0.2, 0.25) is 0 Å². The highest BCUT2D eigenvalue weighted by atomic mass is 32.2. The minimum Gasteiger partial charge on any atom is -0.465 e. The Balaban J connectivity index is 6.19. The van der Waals surface area contributed by atoms with E-state index in [1.165, 1.54) is 33.3 Å². The third-order valence-electron chi connectivity index (χ3n) is 4.89. The molecule has 4 N–H and O–H groups in total. The Morgan fingerprint density at radius 2 is 1.00 bits per heavy atom. The average Bonchev–Trinajstić information content (AvgIpc) is 2.57. The summed E-state index contributed by atoms with van der Waals surface area (Å²) in [7, 11) is 0. The van der Waals surface area contributed by atoms with E-state index in [9.17, 15) is 30.0 Å². The van der Waals surface area contributed by atoms with E-state index in [2.05, 4.69) is 0 Å². The smallest absolute Gasteiger partial charge is 0.408 e. The summed E-state index contributed by atoms with van der Waals surface area (Å²) >= 11 is 3.03. The van der Waals surface area contributed by atoms with Crippen molar-refractivity contribution in [2.24, 2.45) is 0 Å². The van der Waals surface area contributed by atoms with Gasteiger partial charge in [0.05, 0.1) is 12.1 Å². The molecule has 2 amide bonds. The quantitative estimate of drug-likeness (QED) is 0.363. The molecule has 0 aliphatic carbocycles. The molecule has 0 rings (SSSR count). The molecule has 0 heterocycles. The molecule has 30 heavy (non-hydrogen) atoms. The molecule has 0 aromatic heterocycles. The monoisotopic (exact) mass is 468 g/mol. The summed E-state index contributed by atoms with van der Waals surface area (Å²) in [6.07, 6.45) is -0.823. The van der Waals surface area contributed by atoms with Crippen LogP contribution in [0.5, 0.6) is 0 Å². The third kappa shape index (κ3) is 8.36. The second kappa shape index (κ2) is 12.3. The van der Waals surface area contributed by atoms with Gasteiger partial charge in [0.15, 0.2) is 0 Å². The van der Waals surface area contributed by atoms with E-state index in [4.69, 9.17) is 0 Å². The number of amides is 2. The lowest BCUT2D eigenvalue weighted by atomic mass is 9.89. The number of thioether (sulfide) groups is 2. The van der Waals surface area contributed by atoms with Crippen LogP contribution in [0, 0.1) is 0 Å². The van der Waals surface area contributed by atoms with Crippen LogP contribution in [-0.4, -0.2) is 102 Å². The molecule has 0 aromatic carbocycles. The highest BCUT2D eigenvalue weighted by molar-refractivity contribution is 7.98. The fraction of sp³-hybridized carbons (Fsp3) is 0.900. The zero-order chi connectivity index (χ0) is 23.9. The summed E-state index contributed by atoms with van der Waals surface area (Å²) < 4.78 is 0. The van der Waals surface area contributed by atoms with E-state index in [0.29, 0.717) is 24.3 Å². The fourth-order valence-corrected chi connectivity index (χ4v) is 4.64. The van der Waals surface area contributed by atoms with Gasteiger partial charge in [-0.25, -0.2) is 9.59 Å². The zero-order valence-electron chi connectivity index (χ0n) is 19.5. The summed E-state index contributed by atoms with van der Waals surface area (Å²) in [5.41, 5.74) is -1.61. The molecule has 0 saturated carbocycles. The van der Waals surface area contributed by atoms with Crippen molar-refractivity contribution in [2.45, 2.75) is 89.8 Å². The molecule has 4 unspecified atom stereocenters. The van der Waals surface area contributed by atoms with Crippen LogP contribution in [0.3, 0.4) is 0 Å². The maximum Gasteiger partial charge on any atom is 0.408 e. The molecular weight excluding hydrogens is 428 g/mol. The van der Waals surface area contributed by atoms with Gasteiger partial charge in [-0.3, -0.25) is 9.80 Å². The summed E-state index contributed by atoms with van der Waals surface area (Å²) in [5, 5.41) is 42.0. The number of rotatable bonds is 11. The molecular formula is C20H40N2O6S2. The van der Waals surface area contributed by atoms with Crippen molar-refractivity contribution in [1.29, 1.82) is 0 Å². The first-order valence-corrected chi connectivity index (χ1v) is 12.8. The Bertz CT molecular complexity index is 502. The van der Waals surface area contributed by atoms with E-state index < -0.39 is 47.6 Å². The van der Waals surface area contributed by atoms with Gasteiger partial charge in [-0.15, -0.1) is 0 Å². The molecule has 0 aliphatic rings. The molecule has 178 valence electrons. The van der Waals surface area contributed by atoms with E-state index in [-0.39, 0.29) is 0 Å². The number of carboxylic acid groups (broad SMARTS) is 2. The summed E-state index contributed by atoms with van der Waals surface area (Å²) in [6.45, 7) is 10.4. The fourth-order valence-electron chi connectivity index (χ4n) is 3.69. The molecule has 4 atom stereocenters. The maximum absolute atomic E-state index is 12.0. The summed E-state index contributed by atoms with van der Waals surface area (Å²) in [6, 6.07) is -1.75. The van der Waals surface area contributed by atoms with E-state index in [0.717, 1.165) is 0 Å². The second-order valence-corrected chi connectivity index (χ2v) is 11.3. The molecule has 0 spiro atoms. The van der Waals surface area contributed by atoms with Crippen LogP contribution < -0.4 is 0 Å². The molecule has 0 radical (unpaired) electrons. The summed E-state index contributed by atoms with van der Waals surface area (Å²) in [5.74, 6) is 1.18. The first kappa shape index (κ1) is 29.2. The molecule has 0 fully saturated rings. The van der Waals surface area contributed by atoms with Crippen LogP contribution in [0.4, 0.5) is 9.59 Å². The maximum atomic E-state index is 12.0. The highest BCUT2D eigenvalue weighted by Crippen LogP contribution is 2.29. The SMILES string of the molecule is CSCCC(C(O)C(O)C(CCSC)N(C(=O)O)C(C)(C)C)N(C(=O)O)C(C)(C)C. The Hall–Kier alpha value is -0.840. The lowest BCUT2D eigenvalue weighted by Gasteiger charge is -2.46. The van der Waals surface area contributed by atoms with Crippen molar-refractivity contribution < 1.29 is 30.0 Å². The van der Waals surface area contributed by atoms with Gasteiger partial charge in [0.2, 0.25) is 0 Å². The lowest BCUT2D eigenvalue weighted by Crippen LogP contribution is -2.63. The van der Waals surface area contributed by atoms with Crippen LogP contribution in [0.25, 0.3) is 0 Å². The number of aliphatic hydroxyl groups excluding tert-OH is 2. The minimum absolute atomic E-state index is 0.334. The van der Waals surface area contributed by atoms with Gasteiger partial charge in [0.1, 0.15) is 12.2 Å². The van der Waals surface area contributed by atoms with Gasteiger partial charge in [0.25, 0.3) is 0 Å². The lowest BCUT2D eigenvalue weighted by molar-refractivity contribution is -0.0910. The number of carbonyl (C=O) groups is 2. The van der Waals surface area contributed by atoms with Gasteiger partial charge >= 0.3 is 12.2 Å². The third-order valence-corrected chi connectivity index (χ3v) is 6.18. The normalized spacial score (nSPS) is 16.5. The standard InChI is InChI=1S/C20H40N2O6S2/c1-19(2,3)21(17(25)26)13(9-11-29-7)15(23)16(24)14(10-12-30-8)22(18(27)28)20(4,5)6/h13-16,23-24H,9-12H2,1-8H3,(H,25,26)(H,27,28). The predicted octanol–water partition coefficient (Wildman–Crippen LogP) is 3.51. The van der Waals surface area contributed by atoms with Gasteiger partial charge in [0, 0.05) is 11.1 Å². The van der Waals surface area contributed by atoms with Gasteiger partial charge in [-0.2, -0.15) is 23.5 Å². The van der Waals surface area contributed by atoms with E-state index >= 15 is 0 Å². The van der Waals surface area contributed by atoms with Crippen molar-refractivity contribution in [2.75, 3.05) is 24.0 Å². The molecule has 0 aliphatic heterocycles. The van der Waals surface area contributed by atoms with Crippen molar-refractivity contribution >= 4 is 35.7 Å². The van der Waals surface area contributed by atoms with Crippen molar-refractivity contribution in [3.63, 3.8) is 0 Å². The number of nitrogens with zero attached hydrogens (tertiary/aromatic N) is 2. The largest absolute Gasteiger partial charge is 0.465 e. The first-order chi connectivity index (χ1) is 13.6. The number of hydrogen-bond acceptors (Lipinski definition) is 6. The van der Waals surface area contributed by atoms with Crippen LogP contribution in [-0.2, 0) is 0 Å². The zero-order valence-corrected chi connectivity index (χ0v) is 21.1. The highest BCUT2D eigenvalue weighted by Gasteiger charge is 2.45. The number of aliphatic hydroxyl groups is 2. The summed E-state index contributed by atoms with van der Waals surface area (Å²) in [4.78, 5) is 26.4. The van der Waals surface area contributed by atoms with Crippen LogP contribution in [0.15, 0.2) is 0 Å². The molecule has 0 aromatic rings. The van der Waals surface area contributed by atoms with Crippen molar-refractivity contribution in [3.8, 4) is 0 Å². The number of hydrogen-bond donors (Lipinski definition) is 4. The molecule has 0 saturated heterocycles. The first-order valence-electron chi connectivity index (χ1n) is 9.99. The predicted molar refractivity (Wildman–Crippen MR) is 125 cm³/mol. The topological polar surface area (TPSA) is 122 Å². The molecule has 0 bridgehead atoms. The van der Waals surface area contributed by atoms with Crippen LogP contribution in [0.1, 0.15) is 54.4 Å². The molecule has 8 nitrogen and oxygen atoms in total. The van der Waals surface area contributed by atoms with Gasteiger partial charge in [-0.05, 0) is 78.4 Å². The Labute approximate surface area is 189 Å². The molecule has 10 heteroatoms. The van der Waals surface area contributed by atoms with E-state index in [1.54, 1.807) is 41.5 Å². The Morgan fingerprint density at radius 3 is 1.17 bits per heavy atom.